The van der Waals surface area contributed by atoms with Crippen LogP contribution in [0.5, 0.6) is 0 Å². The van der Waals surface area contributed by atoms with E-state index in [1.165, 1.54) is 30.1 Å². The molecule has 0 unspecified atom stereocenters. The quantitative estimate of drug-likeness (QED) is 0.554. The van der Waals surface area contributed by atoms with Gasteiger partial charge in [0, 0.05) is 0 Å². The molecule has 9 heavy (non-hydrogen) atoms. The zero-order valence-electron chi connectivity index (χ0n) is 6.35. The van der Waals surface area contributed by atoms with Crippen LogP contribution in [-0.2, 0) is 0 Å². The van der Waals surface area contributed by atoms with Gasteiger partial charge in [0.15, 0.2) is 0 Å². The third-order valence-corrected chi connectivity index (χ3v) is 2.77. The van der Waals surface area contributed by atoms with Gasteiger partial charge in [-0.15, -0.1) is 0 Å². The SMILES string of the molecule is CCSCCCCSC. The van der Waals surface area contributed by atoms with Gasteiger partial charge in [0.05, 0.1) is 0 Å². The topological polar surface area (TPSA) is 0 Å². The molecule has 0 bridgehead atoms. The van der Waals surface area contributed by atoms with Crippen molar-refractivity contribution in [2.45, 2.75) is 19.8 Å². The highest BCUT2D eigenvalue weighted by atomic mass is 32.2. The maximum absolute atomic E-state index is 2.22. The van der Waals surface area contributed by atoms with E-state index < -0.39 is 0 Å². The number of unbranched alkanes of at least 4 members (excludes halogenated alkanes) is 1. The van der Waals surface area contributed by atoms with E-state index in [0.717, 1.165) is 0 Å². The smallest absolute Gasteiger partial charge is 0.00673 e. The fourth-order valence-electron chi connectivity index (χ4n) is 0.595. The van der Waals surface area contributed by atoms with Gasteiger partial charge in [-0.05, 0) is 36.4 Å². The predicted octanol–water partition coefficient (Wildman–Crippen LogP) is 2.88. The highest BCUT2D eigenvalue weighted by Crippen LogP contribution is 2.05. The fourth-order valence-corrected chi connectivity index (χ4v) is 1.78. The van der Waals surface area contributed by atoms with Gasteiger partial charge in [0.25, 0.3) is 0 Å². The fraction of sp³-hybridized carbons (Fsp3) is 1.00. The van der Waals surface area contributed by atoms with Crippen molar-refractivity contribution in [3.8, 4) is 0 Å². The molecular weight excluding hydrogens is 148 g/mol. The van der Waals surface area contributed by atoms with Gasteiger partial charge in [-0.2, -0.15) is 23.5 Å². The first-order chi connectivity index (χ1) is 4.41. The van der Waals surface area contributed by atoms with E-state index in [1.807, 2.05) is 23.5 Å². The standard InChI is InChI=1S/C7H16S2/c1-3-9-7-5-4-6-8-2/h3-7H2,1-2H3. The third kappa shape index (κ3) is 8.70. The van der Waals surface area contributed by atoms with E-state index in [0.29, 0.717) is 0 Å². The zero-order chi connectivity index (χ0) is 6.95. The van der Waals surface area contributed by atoms with Gasteiger partial charge in [-0.1, -0.05) is 6.92 Å². The molecule has 0 amide bonds. The Bertz CT molecular complexity index is 40.2. The van der Waals surface area contributed by atoms with Crippen LogP contribution in [0.15, 0.2) is 0 Å². The maximum atomic E-state index is 2.22. The summed E-state index contributed by atoms with van der Waals surface area (Å²) in [7, 11) is 0. The van der Waals surface area contributed by atoms with Crippen molar-refractivity contribution in [3.63, 3.8) is 0 Å². The third-order valence-electron chi connectivity index (χ3n) is 1.09. The average molecular weight is 164 g/mol. The molecule has 56 valence electrons. The Morgan fingerprint density at radius 1 is 1.11 bits per heavy atom. The molecule has 0 aromatic carbocycles. The van der Waals surface area contributed by atoms with Gasteiger partial charge >= 0.3 is 0 Å². The molecule has 0 heterocycles. The molecule has 0 nitrogen and oxygen atoms in total. The lowest BCUT2D eigenvalue weighted by atomic mass is 10.4. The number of rotatable bonds is 6. The normalized spacial score (nSPS) is 10.0. The number of hydrogen-bond donors (Lipinski definition) is 0. The Morgan fingerprint density at radius 2 is 1.78 bits per heavy atom. The molecule has 0 atom stereocenters. The van der Waals surface area contributed by atoms with E-state index in [4.69, 9.17) is 0 Å². The van der Waals surface area contributed by atoms with Crippen molar-refractivity contribution >= 4 is 23.5 Å². The van der Waals surface area contributed by atoms with Gasteiger partial charge in [0.1, 0.15) is 0 Å². The molecule has 0 N–H and O–H groups in total. The summed E-state index contributed by atoms with van der Waals surface area (Å²) in [4.78, 5) is 0. The number of hydrogen-bond acceptors (Lipinski definition) is 2. The minimum atomic E-state index is 1.28. The van der Waals surface area contributed by atoms with Crippen LogP contribution in [0.1, 0.15) is 19.8 Å². The largest absolute Gasteiger partial charge is 0.165 e. The highest BCUT2D eigenvalue weighted by Gasteiger charge is 1.86. The van der Waals surface area contributed by atoms with Crippen molar-refractivity contribution in [2.75, 3.05) is 23.5 Å². The van der Waals surface area contributed by atoms with E-state index in [9.17, 15) is 0 Å². The van der Waals surface area contributed by atoms with E-state index in [-0.39, 0.29) is 0 Å². The molecular formula is C7H16S2. The predicted molar refractivity (Wildman–Crippen MR) is 50.6 cm³/mol. The first-order valence-corrected chi connectivity index (χ1v) is 6.03. The Labute approximate surface area is 67.2 Å². The molecule has 0 aromatic rings. The summed E-state index contributed by atoms with van der Waals surface area (Å²) >= 11 is 4.00. The number of thioether (sulfide) groups is 2. The Hall–Kier alpha value is 0.700. The second-order valence-electron chi connectivity index (χ2n) is 1.90. The lowest BCUT2D eigenvalue weighted by Crippen LogP contribution is -1.82. The van der Waals surface area contributed by atoms with Crippen LogP contribution >= 0.6 is 23.5 Å². The maximum Gasteiger partial charge on any atom is -0.00673 e. The van der Waals surface area contributed by atoms with Crippen molar-refractivity contribution in [1.29, 1.82) is 0 Å². The van der Waals surface area contributed by atoms with Crippen molar-refractivity contribution < 1.29 is 0 Å². The molecule has 0 rings (SSSR count). The second kappa shape index (κ2) is 8.70. The average Bonchev–Trinajstić information content (AvgIpc) is 1.89. The Balaban J connectivity index is 2.60. The first kappa shape index (κ1) is 9.70. The van der Waals surface area contributed by atoms with Crippen LogP contribution in [0.3, 0.4) is 0 Å². The van der Waals surface area contributed by atoms with Crippen LogP contribution in [0.4, 0.5) is 0 Å². The zero-order valence-corrected chi connectivity index (χ0v) is 7.99. The summed E-state index contributed by atoms with van der Waals surface area (Å²) in [5, 5.41) is 0. The molecule has 0 spiro atoms. The molecule has 0 saturated carbocycles. The second-order valence-corrected chi connectivity index (χ2v) is 4.28. The summed E-state index contributed by atoms with van der Waals surface area (Å²) < 4.78 is 0. The Morgan fingerprint density at radius 3 is 2.33 bits per heavy atom. The van der Waals surface area contributed by atoms with Crippen molar-refractivity contribution in [3.05, 3.63) is 0 Å². The summed E-state index contributed by atoms with van der Waals surface area (Å²) in [6, 6.07) is 0. The monoisotopic (exact) mass is 164 g/mol. The summed E-state index contributed by atoms with van der Waals surface area (Å²) in [5.74, 6) is 3.97. The molecule has 0 aliphatic heterocycles. The summed E-state index contributed by atoms with van der Waals surface area (Å²) in [6.45, 7) is 2.22. The molecule has 0 radical (unpaired) electrons. The van der Waals surface area contributed by atoms with Crippen LogP contribution in [0, 0.1) is 0 Å². The molecule has 0 aliphatic rings. The summed E-state index contributed by atoms with van der Waals surface area (Å²) in [6.07, 6.45) is 4.97. The highest BCUT2D eigenvalue weighted by molar-refractivity contribution is 7.99. The van der Waals surface area contributed by atoms with E-state index >= 15 is 0 Å². The van der Waals surface area contributed by atoms with Gasteiger partial charge in [0.2, 0.25) is 0 Å². The van der Waals surface area contributed by atoms with E-state index in [1.54, 1.807) is 0 Å². The van der Waals surface area contributed by atoms with Crippen molar-refractivity contribution in [2.24, 2.45) is 0 Å². The van der Waals surface area contributed by atoms with Gasteiger partial charge in [-0.25, -0.2) is 0 Å². The van der Waals surface area contributed by atoms with Gasteiger partial charge < -0.3 is 0 Å². The van der Waals surface area contributed by atoms with E-state index in [2.05, 4.69) is 13.2 Å². The van der Waals surface area contributed by atoms with Crippen LogP contribution < -0.4 is 0 Å². The van der Waals surface area contributed by atoms with Crippen LogP contribution in [-0.4, -0.2) is 23.5 Å². The molecule has 2 heteroatoms. The van der Waals surface area contributed by atoms with Crippen LogP contribution in [0.25, 0.3) is 0 Å². The molecule has 0 saturated heterocycles. The minimum absolute atomic E-state index is 1.28. The van der Waals surface area contributed by atoms with Crippen LogP contribution in [0.2, 0.25) is 0 Å². The minimum Gasteiger partial charge on any atom is -0.165 e. The lowest BCUT2D eigenvalue weighted by Gasteiger charge is -1.96. The van der Waals surface area contributed by atoms with Gasteiger partial charge in [-0.3, -0.25) is 0 Å². The molecule has 0 fully saturated rings. The lowest BCUT2D eigenvalue weighted by molar-refractivity contribution is 0.908. The van der Waals surface area contributed by atoms with Crippen molar-refractivity contribution in [1.82, 2.24) is 0 Å². The molecule has 0 aliphatic carbocycles. The first-order valence-electron chi connectivity index (χ1n) is 3.48. The molecule has 0 aromatic heterocycles. The summed E-state index contributed by atoms with van der Waals surface area (Å²) in [5.41, 5.74) is 0. The Kier molecular flexibility index (Phi) is 9.38.